The van der Waals surface area contributed by atoms with Crippen molar-refractivity contribution in [2.45, 2.75) is 0 Å². The molecule has 94 valence electrons. The first-order chi connectivity index (χ1) is 9.25. The number of hydrazine groups is 1. The Labute approximate surface area is 115 Å². The summed E-state index contributed by atoms with van der Waals surface area (Å²) >= 11 is 6.03. The number of nitrogens with two attached hydrogens (primary N) is 1. The summed E-state index contributed by atoms with van der Waals surface area (Å²) in [6.45, 7) is 0. The highest BCUT2D eigenvalue weighted by Crippen LogP contribution is 2.28. The number of rotatable bonds is 2. The molecule has 19 heavy (non-hydrogen) atoms. The first kappa shape index (κ1) is 11.9. The molecule has 0 bridgehead atoms. The van der Waals surface area contributed by atoms with Crippen LogP contribution in [0, 0.1) is 0 Å². The summed E-state index contributed by atoms with van der Waals surface area (Å²) < 4.78 is 0. The summed E-state index contributed by atoms with van der Waals surface area (Å²) in [5.41, 5.74) is 0.837. The van der Waals surface area contributed by atoms with Gasteiger partial charge in [-0.25, -0.2) is 5.84 Å². The van der Waals surface area contributed by atoms with E-state index in [0.29, 0.717) is 10.8 Å². The second-order valence-corrected chi connectivity index (χ2v) is 4.54. The second-order valence-electron chi connectivity index (χ2n) is 4.11. The Balaban J connectivity index is 2.17. The molecule has 0 aliphatic rings. The third kappa shape index (κ3) is 2.23. The van der Waals surface area contributed by atoms with Crippen molar-refractivity contribution in [3.63, 3.8) is 0 Å². The predicted octanol–water partition coefficient (Wildman–Crippen LogP) is 3.30. The molecule has 0 aliphatic carbocycles. The number of nitrogens with zero attached hydrogens (tertiary/aromatic N) is 3. The van der Waals surface area contributed by atoms with Gasteiger partial charge in [-0.15, -0.1) is 5.10 Å². The minimum absolute atomic E-state index is 0.575. The fourth-order valence-corrected chi connectivity index (χ4v) is 2.10. The summed E-state index contributed by atoms with van der Waals surface area (Å²) in [5, 5.41) is 12.1. The number of hydrogen-bond acceptors (Lipinski definition) is 4. The molecule has 0 unspecified atom stereocenters. The Morgan fingerprint density at radius 1 is 1.05 bits per heavy atom. The van der Waals surface area contributed by atoms with Gasteiger partial charge in [-0.05, 0) is 24.3 Å². The van der Waals surface area contributed by atoms with Crippen molar-refractivity contribution in [2.24, 2.45) is 5.84 Å². The molecule has 1 heterocycles. The van der Waals surface area contributed by atoms with Crippen LogP contribution in [0.5, 0.6) is 0 Å². The SMILES string of the molecule is NN(c1ccccc1)c1nncc2ccc(Cl)cc12. The molecule has 0 atom stereocenters. The van der Waals surface area contributed by atoms with E-state index in [9.17, 15) is 0 Å². The third-order valence-electron chi connectivity index (χ3n) is 2.87. The van der Waals surface area contributed by atoms with Gasteiger partial charge in [-0.3, -0.25) is 5.01 Å². The quantitative estimate of drug-likeness (QED) is 0.573. The molecule has 3 aromatic rings. The Bertz CT molecular complexity index is 715. The van der Waals surface area contributed by atoms with E-state index in [0.717, 1.165) is 16.5 Å². The van der Waals surface area contributed by atoms with E-state index in [-0.39, 0.29) is 0 Å². The van der Waals surface area contributed by atoms with Crippen molar-refractivity contribution in [3.8, 4) is 0 Å². The van der Waals surface area contributed by atoms with Gasteiger partial charge in [0, 0.05) is 15.8 Å². The number of anilines is 2. The standard InChI is InChI=1S/C14H11ClN4/c15-11-7-6-10-9-17-18-14(13(10)8-11)19(16)12-4-2-1-3-5-12/h1-9H,16H2. The predicted molar refractivity (Wildman–Crippen MR) is 77.3 cm³/mol. The molecule has 0 saturated heterocycles. The van der Waals surface area contributed by atoms with Crippen LogP contribution in [0.15, 0.2) is 54.7 Å². The second kappa shape index (κ2) is 4.84. The van der Waals surface area contributed by atoms with Gasteiger partial charge in [0.05, 0.1) is 11.9 Å². The summed E-state index contributed by atoms with van der Waals surface area (Å²) in [5.74, 6) is 6.70. The topological polar surface area (TPSA) is 55.0 Å². The Hall–Kier alpha value is -2.17. The van der Waals surface area contributed by atoms with Crippen LogP contribution in [-0.2, 0) is 0 Å². The zero-order valence-corrected chi connectivity index (χ0v) is 10.7. The molecule has 0 fully saturated rings. The summed E-state index contributed by atoms with van der Waals surface area (Å²) in [6, 6.07) is 15.1. The normalized spacial score (nSPS) is 10.6. The van der Waals surface area contributed by atoms with E-state index in [4.69, 9.17) is 17.4 Å². The van der Waals surface area contributed by atoms with Crippen LogP contribution in [0.2, 0.25) is 5.02 Å². The van der Waals surface area contributed by atoms with Crippen molar-refractivity contribution in [1.82, 2.24) is 10.2 Å². The maximum absolute atomic E-state index is 6.12. The number of halogens is 1. The van der Waals surface area contributed by atoms with Gasteiger partial charge < -0.3 is 0 Å². The Kier molecular flexibility index (Phi) is 3.03. The molecule has 0 amide bonds. The van der Waals surface area contributed by atoms with Crippen LogP contribution in [0.4, 0.5) is 11.5 Å². The maximum Gasteiger partial charge on any atom is 0.177 e. The molecule has 2 aromatic carbocycles. The molecule has 2 N–H and O–H groups in total. The molecular weight excluding hydrogens is 260 g/mol. The van der Waals surface area contributed by atoms with Gasteiger partial charge in [0.25, 0.3) is 0 Å². The highest BCUT2D eigenvalue weighted by Gasteiger charge is 2.11. The fourth-order valence-electron chi connectivity index (χ4n) is 1.92. The average Bonchev–Trinajstić information content (AvgIpc) is 2.47. The summed E-state index contributed by atoms with van der Waals surface area (Å²) in [4.78, 5) is 0. The van der Waals surface area contributed by atoms with Gasteiger partial charge in [-0.1, -0.05) is 35.9 Å². The van der Waals surface area contributed by atoms with Crippen molar-refractivity contribution in [1.29, 1.82) is 0 Å². The van der Waals surface area contributed by atoms with Crippen LogP contribution in [0.3, 0.4) is 0 Å². The largest absolute Gasteiger partial charge is 0.260 e. The fraction of sp³-hybridized carbons (Fsp3) is 0. The highest BCUT2D eigenvalue weighted by atomic mass is 35.5. The number of benzene rings is 2. The van der Waals surface area contributed by atoms with Gasteiger partial charge >= 0.3 is 0 Å². The molecule has 3 rings (SSSR count). The van der Waals surface area contributed by atoms with Crippen molar-refractivity contribution >= 4 is 33.9 Å². The van der Waals surface area contributed by atoms with E-state index in [1.165, 1.54) is 5.01 Å². The highest BCUT2D eigenvalue weighted by molar-refractivity contribution is 6.31. The zero-order chi connectivity index (χ0) is 13.2. The van der Waals surface area contributed by atoms with Crippen LogP contribution in [0.1, 0.15) is 0 Å². The van der Waals surface area contributed by atoms with Crippen LogP contribution < -0.4 is 10.9 Å². The van der Waals surface area contributed by atoms with E-state index in [1.807, 2.05) is 48.5 Å². The first-order valence-electron chi connectivity index (χ1n) is 5.76. The van der Waals surface area contributed by atoms with Crippen LogP contribution in [0.25, 0.3) is 10.8 Å². The molecule has 0 saturated carbocycles. The van der Waals surface area contributed by atoms with E-state index < -0.39 is 0 Å². The Morgan fingerprint density at radius 2 is 1.84 bits per heavy atom. The minimum Gasteiger partial charge on any atom is -0.260 e. The van der Waals surface area contributed by atoms with Gasteiger partial charge in [0.15, 0.2) is 5.82 Å². The lowest BCUT2D eigenvalue weighted by Gasteiger charge is -2.18. The lowest BCUT2D eigenvalue weighted by molar-refractivity contribution is 0.968. The average molecular weight is 271 g/mol. The molecule has 0 spiro atoms. The van der Waals surface area contributed by atoms with Gasteiger partial charge in [0.2, 0.25) is 0 Å². The number of hydrogen-bond donors (Lipinski definition) is 1. The smallest absolute Gasteiger partial charge is 0.177 e. The van der Waals surface area contributed by atoms with E-state index in [2.05, 4.69) is 10.2 Å². The minimum atomic E-state index is 0.575. The number of aromatic nitrogens is 2. The van der Waals surface area contributed by atoms with Gasteiger partial charge in [-0.2, -0.15) is 5.10 Å². The molecule has 0 aliphatic heterocycles. The van der Waals surface area contributed by atoms with E-state index >= 15 is 0 Å². The molecular formula is C14H11ClN4. The van der Waals surface area contributed by atoms with Crippen LogP contribution in [-0.4, -0.2) is 10.2 Å². The summed E-state index contributed by atoms with van der Waals surface area (Å²) in [7, 11) is 0. The zero-order valence-electron chi connectivity index (χ0n) is 9.99. The maximum atomic E-state index is 6.12. The molecule has 5 heteroatoms. The first-order valence-corrected chi connectivity index (χ1v) is 6.14. The lowest BCUT2D eigenvalue weighted by atomic mass is 10.2. The monoisotopic (exact) mass is 270 g/mol. The number of para-hydroxylation sites is 1. The van der Waals surface area contributed by atoms with Crippen molar-refractivity contribution in [2.75, 3.05) is 5.01 Å². The van der Waals surface area contributed by atoms with Crippen molar-refractivity contribution < 1.29 is 0 Å². The molecule has 4 nitrogen and oxygen atoms in total. The van der Waals surface area contributed by atoms with Gasteiger partial charge in [0.1, 0.15) is 0 Å². The van der Waals surface area contributed by atoms with Crippen LogP contribution >= 0.6 is 11.6 Å². The third-order valence-corrected chi connectivity index (χ3v) is 3.10. The number of fused-ring (bicyclic) bond motifs is 1. The van der Waals surface area contributed by atoms with E-state index in [1.54, 1.807) is 6.20 Å². The lowest BCUT2D eigenvalue weighted by Crippen LogP contribution is -2.26. The molecule has 0 radical (unpaired) electrons. The van der Waals surface area contributed by atoms with Crippen molar-refractivity contribution in [3.05, 3.63) is 59.8 Å². The summed E-state index contributed by atoms with van der Waals surface area (Å²) in [6.07, 6.45) is 1.69. The molecule has 1 aromatic heterocycles. The Morgan fingerprint density at radius 3 is 2.63 bits per heavy atom.